The summed E-state index contributed by atoms with van der Waals surface area (Å²) in [5, 5.41) is 8.02. The summed E-state index contributed by atoms with van der Waals surface area (Å²) in [6.45, 7) is 8.35. The minimum absolute atomic E-state index is 0.0908. The maximum atomic E-state index is 13.8. The third kappa shape index (κ3) is 4.19. The molecule has 0 spiro atoms. The van der Waals surface area contributed by atoms with Crippen molar-refractivity contribution in [1.29, 1.82) is 0 Å². The number of hydrogen-bond acceptors (Lipinski definition) is 3. The lowest BCUT2D eigenvalue weighted by atomic mass is 9.91. The fourth-order valence-corrected chi connectivity index (χ4v) is 5.02. The van der Waals surface area contributed by atoms with E-state index in [-0.39, 0.29) is 23.8 Å². The zero-order chi connectivity index (χ0) is 22.9. The summed E-state index contributed by atoms with van der Waals surface area (Å²) in [6, 6.07) is 9.85. The molecule has 0 bridgehead atoms. The number of benzene rings is 1. The number of amides is 2. The summed E-state index contributed by atoms with van der Waals surface area (Å²) in [5.41, 5.74) is 2.13. The highest BCUT2D eigenvalue weighted by molar-refractivity contribution is 6.12. The summed E-state index contributed by atoms with van der Waals surface area (Å²) in [4.78, 5) is 29.3. The molecule has 1 aromatic carbocycles. The van der Waals surface area contributed by atoms with Gasteiger partial charge < -0.3 is 5.32 Å². The number of hydrogen-bond donors (Lipinski definition) is 1. The second kappa shape index (κ2) is 9.08. The largest absolute Gasteiger partial charge is 0.351 e. The molecule has 2 aromatic rings. The van der Waals surface area contributed by atoms with Crippen molar-refractivity contribution in [3.8, 4) is 0 Å². The first-order valence-corrected chi connectivity index (χ1v) is 12.1. The first kappa shape index (κ1) is 22.6. The van der Waals surface area contributed by atoms with Crippen LogP contribution in [0.3, 0.4) is 0 Å². The first-order chi connectivity index (χ1) is 15.3. The van der Waals surface area contributed by atoms with E-state index < -0.39 is 5.54 Å². The number of carbonyl (C=O) groups excluding carboxylic acids is 2. The van der Waals surface area contributed by atoms with E-state index in [1.54, 1.807) is 9.58 Å². The number of aryl methyl sites for hydroxylation is 1. The molecule has 1 aromatic heterocycles. The quantitative estimate of drug-likeness (QED) is 0.736. The summed E-state index contributed by atoms with van der Waals surface area (Å²) in [5.74, 6) is -0.0463. The molecule has 172 valence electrons. The normalized spacial score (nSPS) is 22.4. The van der Waals surface area contributed by atoms with Crippen LogP contribution in [0.4, 0.5) is 5.69 Å². The topological polar surface area (TPSA) is 67.2 Å². The van der Waals surface area contributed by atoms with Gasteiger partial charge in [-0.25, -0.2) is 0 Å². The maximum Gasteiger partial charge on any atom is 0.277 e. The number of carbonyl (C=O) groups is 2. The smallest absolute Gasteiger partial charge is 0.277 e. The van der Waals surface area contributed by atoms with E-state index in [1.807, 2.05) is 44.2 Å². The van der Waals surface area contributed by atoms with E-state index in [4.69, 9.17) is 5.10 Å². The van der Waals surface area contributed by atoms with Crippen LogP contribution in [-0.2, 0) is 11.3 Å². The predicted molar refractivity (Wildman–Crippen MR) is 127 cm³/mol. The molecule has 6 nitrogen and oxygen atoms in total. The third-order valence-electron chi connectivity index (χ3n) is 7.05. The van der Waals surface area contributed by atoms with Crippen LogP contribution in [0.1, 0.15) is 93.4 Å². The van der Waals surface area contributed by atoms with Crippen molar-refractivity contribution in [2.24, 2.45) is 0 Å². The van der Waals surface area contributed by atoms with Crippen molar-refractivity contribution >= 4 is 17.5 Å². The zero-order valence-corrected chi connectivity index (χ0v) is 19.9. The molecule has 2 aliphatic rings. The van der Waals surface area contributed by atoms with Gasteiger partial charge in [0.25, 0.3) is 5.91 Å². The van der Waals surface area contributed by atoms with Crippen molar-refractivity contribution in [3.05, 3.63) is 47.3 Å². The van der Waals surface area contributed by atoms with E-state index in [9.17, 15) is 9.59 Å². The minimum atomic E-state index is -1.06. The summed E-state index contributed by atoms with van der Waals surface area (Å²) < 4.78 is 1.74. The minimum Gasteiger partial charge on any atom is -0.351 e. The van der Waals surface area contributed by atoms with Gasteiger partial charge in [-0.1, -0.05) is 64.2 Å². The fourth-order valence-electron chi connectivity index (χ4n) is 5.02. The molecular formula is C26H36N4O2. The molecule has 4 rings (SSSR count). The Morgan fingerprint density at radius 1 is 1.12 bits per heavy atom. The Morgan fingerprint density at radius 3 is 2.44 bits per heavy atom. The average Bonchev–Trinajstić information content (AvgIpc) is 3.15. The van der Waals surface area contributed by atoms with Crippen LogP contribution in [0.5, 0.6) is 0 Å². The van der Waals surface area contributed by atoms with Crippen molar-refractivity contribution in [2.75, 3.05) is 4.90 Å². The van der Waals surface area contributed by atoms with E-state index >= 15 is 0 Å². The lowest BCUT2D eigenvalue weighted by molar-refractivity contribution is -0.127. The number of anilines is 1. The van der Waals surface area contributed by atoms with Gasteiger partial charge in [0.05, 0.1) is 12.2 Å². The first-order valence-electron chi connectivity index (χ1n) is 12.1. The van der Waals surface area contributed by atoms with Gasteiger partial charge >= 0.3 is 0 Å². The lowest BCUT2D eigenvalue weighted by Gasteiger charge is -2.44. The van der Waals surface area contributed by atoms with Crippen LogP contribution in [-0.4, -0.2) is 33.2 Å². The van der Waals surface area contributed by atoms with Gasteiger partial charge in [0.2, 0.25) is 5.91 Å². The van der Waals surface area contributed by atoms with Gasteiger partial charge in [0, 0.05) is 11.7 Å². The van der Waals surface area contributed by atoms with E-state index in [1.165, 1.54) is 19.3 Å². The van der Waals surface area contributed by atoms with Crippen molar-refractivity contribution in [2.45, 2.75) is 96.7 Å². The Hall–Kier alpha value is -2.63. The van der Waals surface area contributed by atoms with Crippen LogP contribution in [0.25, 0.3) is 0 Å². The fraction of sp³-hybridized carbons (Fsp3) is 0.577. The molecule has 1 atom stereocenters. The zero-order valence-electron chi connectivity index (χ0n) is 19.9. The molecule has 2 amide bonds. The molecular weight excluding hydrogens is 400 g/mol. The number of fused-ring (bicyclic) bond motifs is 1. The Kier molecular flexibility index (Phi) is 6.40. The van der Waals surface area contributed by atoms with E-state index in [2.05, 4.69) is 19.2 Å². The highest BCUT2D eigenvalue weighted by Crippen LogP contribution is 2.35. The second-order valence-electron chi connectivity index (χ2n) is 9.98. The van der Waals surface area contributed by atoms with Crippen molar-refractivity contribution < 1.29 is 9.59 Å². The molecule has 0 saturated heterocycles. The number of rotatable bonds is 4. The Bertz CT molecular complexity index is 987. The summed E-state index contributed by atoms with van der Waals surface area (Å²) in [6.07, 6.45) is 8.04. The highest BCUT2D eigenvalue weighted by Gasteiger charge is 2.49. The van der Waals surface area contributed by atoms with E-state index in [0.29, 0.717) is 12.2 Å². The molecule has 0 unspecified atom stereocenters. The van der Waals surface area contributed by atoms with Crippen LogP contribution < -0.4 is 10.2 Å². The van der Waals surface area contributed by atoms with Crippen molar-refractivity contribution in [1.82, 2.24) is 15.1 Å². The van der Waals surface area contributed by atoms with Gasteiger partial charge in [0.1, 0.15) is 11.2 Å². The number of para-hydroxylation sites is 1. The van der Waals surface area contributed by atoms with Gasteiger partial charge in [-0.15, -0.1) is 0 Å². The van der Waals surface area contributed by atoms with Crippen LogP contribution in [0.2, 0.25) is 0 Å². The number of nitrogens with zero attached hydrogens (tertiary/aromatic N) is 3. The van der Waals surface area contributed by atoms with Gasteiger partial charge in [-0.3, -0.25) is 19.2 Å². The third-order valence-corrected chi connectivity index (χ3v) is 7.05. The van der Waals surface area contributed by atoms with Gasteiger partial charge in [0.15, 0.2) is 0 Å². The number of nitrogens with one attached hydrogen (secondary N) is 1. The monoisotopic (exact) mass is 436 g/mol. The Morgan fingerprint density at radius 2 is 1.78 bits per heavy atom. The standard InChI is InChI=1S/C26H36N4O2/c1-18(2)21-16-23-24(31)30(22-15-11-10-12-19(22)3)26(4,17-29(23)28-21)25(32)27-20-13-8-6-5-7-9-14-20/h10-12,15-16,18,20H,5-9,13-14,17H2,1-4H3,(H,27,32)/t26-/m1/s1. The molecule has 32 heavy (non-hydrogen) atoms. The van der Waals surface area contributed by atoms with Crippen LogP contribution in [0.15, 0.2) is 30.3 Å². The molecule has 6 heteroatoms. The second-order valence-corrected chi connectivity index (χ2v) is 9.98. The Balaban J connectivity index is 1.72. The molecule has 1 N–H and O–H groups in total. The number of aromatic nitrogens is 2. The molecule has 1 fully saturated rings. The lowest BCUT2D eigenvalue weighted by Crippen LogP contribution is -2.65. The van der Waals surface area contributed by atoms with Gasteiger partial charge in [-0.05, 0) is 50.3 Å². The predicted octanol–water partition coefficient (Wildman–Crippen LogP) is 4.96. The summed E-state index contributed by atoms with van der Waals surface area (Å²) >= 11 is 0. The van der Waals surface area contributed by atoms with Gasteiger partial charge in [-0.2, -0.15) is 5.10 Å². The molecule has 2 heterocycles. The SMILES string of the molecule is Cc1ccccc1N1C(=O)c2cc(C(C)C)nn2C[C@]1(C)C(=O)NC1CCCCCCC1. The highest BCUT2D eigenvalue weighted by atomic mass is 16.2. The average molecular weight is 437 g/mol. The molecule has 1 aliphatic carbocycles. The Labute approximate surface area is 191 Å². The van der Waals surface area contributed by atoms with Crippen LogP contribution in [0, 0.1) is 6.92 Å². The molecule has 1 aliphatic heterocycles. The molecule has 1 saturated carbocycles. The summed E-state index contributed by atoms with van der Waals surface area (Å²) in [7, 11) is 0. The van der Waals surface area contributed by atoms with Crippen LogP contribution >= 0.6 is 0 Å². The van der Waals surface area contributed by atoms with Crippen molar-refractivity contribution in [3.63, 3.8) is 0 Å². The molecule has 0 radical (unpaired) electrons. The maximum absolute atomic E-state index is 13.8. The van der Waals surface area contributed by atoms with E-state index in [0.717, 1.165) is 42.6 Å².